The second-order valence-corrected chi connectivity index (χ2v) is 7.35. The molecule has 1 aromatic heterocycles. The van der Waals surface area contributed by atoms with Crippen molar-refractivity contribution in [1.29, 1.82) is 0 Å². The second kappa shape index (κ2) is 6.37. The third kappa shape index (κ3) is 3.73. The van der Waals surface area contributed by atoms with Crippen LogP contribution in [-0.4, -0.2) is 41.5 Å². The molecule has 0 radical (unpaired) electrons. The van der Waals surface area contributed by atoms with E-state index in [0.29, 0.717) is 12.5 Å². The molecule has 0 bridgehead atoms. The summed E-state index contributed by atoms with van der Waals surface area (Å²) in [5, 5.41) is 0. The SMILES string of the molecule is CCOC(=O)C(C)(C)Oc1ccc(B2OC(C)(C)C(C)(C)O2)cn1. The van der Waals surface area contributed by atoms with Crippen molar-refractivity contribution < 1.29 is 23.6 Å². The molecule has 2 heterocycles. The van der Waals surface area contributed by atoms with Crippen molar-refractivity contribution in [3.8, 4) is 5.88 Å². The fraction of sp³-hybridized carbons (Fsp3) is 0.647. The van der Waals surface area contributed by atoms with Crippen LogP contribution < -0.4 is 10.2 Å². The number of pyridine rings is 1. The highest BCUT2D eigenvalue weighted by Crippen LogP contribution is 2.36. The number of rotatable bonds is 5. The number of ether oxygens (including phenoxy) is 2. The maximum Gasteiger partial charge on any atom is 0.496 e. The molecule has 1 aromatic rings. The molecule has 1 aliphatic heterocycles. The molecule has 0 N–H and O–H groups in total. The van der Waals surface area contributed by atoms with Gasteiger partial charge in [-0.1, -0.05) is 6.07 Å². The third-order valence-corrected chi connectivity index (χ3v) is 4.41. The van der Waals surface area contributed by atoms with E-state index in [4.69, 9.17) is 18.8 Å². The van der Waals surface area contributed by atoms with Crippen molar-refractivity contribution >= 4 is 18.6 Å². The monoisotopic (exact) mass is 335 g/mol. The first-order valence-corrected chi connectivity index (χ1v) is 8.16. The highest BCUT2D eigenvalue weighted by molar-refractivity contribution is 6.62. The van der Waals surface area contributed by atoms with Gasteiger partial charge >= 0.3 is 13.1 Å². The van der Waals surface area contributed by atoms with Crippen LogP contribution in [0.15, 0.2) is 18.3 Å². The van der Waals surface area contributed by atoms with Crippen molar-refractivity contribution in [3.63, 3.8) is 0 Å². The summed E-state index contributed by atoms with van der Waals surface area (Å²) in [4.78, 5) is 16.1. The van der Waals surface area contributed by atoms with Gasteiger partial charge in [0.25, 0.3) is 0 Å². The van der Waals surface area contributed by atoms with Crippen molar-refractivity contribution in [3.05, 3.63) is 18.3 Å². The summed E-state index contributed by atoms with van der Waals surface area (Å²) in [7, 11) is -0.477. The first-order valence-electron chi connectivity index (χ1n) is 8.16. The number of nitrogens with zero attached hydrogens (tertiary/aromatic N) is 1. The summed E-state index contributed by atoms with van der Waals surface area (Å²) < 4.78 is 22.6. The summed E-state index contributed by atoms with van der Waals surface area (Å²) in [6.45, 7) is 13.4. The van der Waals surface area contributed by atoms with Crippen molar-refractivity contribution in [1.82, 2.24) is 4.98 Å². The average molecular weight is 335 g/mol. The van der Waals surface area contributed by atoms with E-state index in [1.807, 2.05) is 33.8 Å². The molecule has 1 saturated heterocycles. The van der Waals surface area contributed by atoms with E-state index < -0.39 is 29.9 Å². The van der Waals surface area contributed by atoms with Gasteiger partial charge in [0.15, 0.2) is 0 Å². The molecule has 6 nitrogen and oxygen atoms in total. The zero-order valence-corrected chi connectivity index (χ0v) is 15.5. The van der Waals surface area contributed by atoms with Gasteiger partial charge in [-0.3, -0.25) is 0 Å². The molecule has 0 spiro atoms. The molecule has 0 atom stereocenters. The Morgan fingerprint density at radius 2 is 1.79 bits per heavy atom. The molecule has 7 heteroatoms. The van der Waals surface area contributed by atoms with Crippen molar-refractivity contribution in [2.45, 2.75) is 65.3 Å². The van der Waals surface area contributed by atoms with Gasteiger partial charge in [-0.05, 0) is 54.5 Å². The van der Waals surface area contributed by atoms with Gasteiger partial charge in [0.05, 0.1) is 17.8 Å². The molecular formula is C17H26BNO5. The maximum atomic E-state index is 11.9. The van der Waals surface area contributed by atoms with Crippen molar-refractivity contribution in [2.75, 3.05) is 6.61 Å². The third-order valence-electron chi connectivity index (χ3n) is 4.41. The highest BCUT2D eigenvalue weighted by Gasteiger charge is 2.51. The van der Waals surface area contributed by atoms with Crippen LogP contribution in [0.25, 0.3) is 0 Å². The number of esters is 1. The van der Waals surface area contributed by atoms with Crippen LogP contribution in [0.5, 0.6) is 5.88 Å². The Morgan fingerprint density at radius 3 is 2.25 bits per heavy atom. The van der Waals surface area contributed by atoms with Gasteiger partial charge in [-0.15, -0.1) is 0 Å². The van der Waals surface area contributed by atoms with E-state index in [9.17, 15) is 4.79 Å². The van der Waals surface area contributed by atoms with Crippen LogP contribution in [-0.2, 0) is 18.8 Å². The number of hydrogen-bond acceptors (Lipinski definition) is 6. The van der Waals surface area contributed by atoms with E-state index in [1.54, 1.807) is 33.0 Å². The van der Waals surface area contributed by atoms with Gasteiger partial charge in [-0.25, -0.2) is 9.78 Å². The fourth-order valence-corrected chi connectivity index (χ4v) is 2.18. The van der Waals surface area contributed by atoms with Crippen molar-refractivity contribution in [2.24, 2.45) is 0 Å². The van der Waals surface area contributed by atoms with Gasteiger partial charge in [0.2, 0.25) is 11.5 Å². The van der Waals surface area contributed by atoms with E-state index >= 15 is 0 Å². The van der Waals surface area contributed by atoms with E-state index in [1.165, 1.54) is 0 Å². The van der Waals surface area contributed by atoms with E-state index in [-0.39, 0.29) is 0 Å². The first-order chi connectivity index (χ1) is 11.0. The number of carbonyl (C=O) groups is 1. The number of aromatic nitrogens is 1. The zero-order valence-electron chi connectivity index (χ0n) is 15.5. The lowest BCUT2D eigenvalue weighted by Crippen LogP contribution is -2.41. The summed E-state index contributed by atoms with van der Waals surface area (Å²) in [6.07, 6.45) is 1.64. The van der Waals surface area contributed by atoms with Gasteiger partial charge in [0.1, 0.15) is 0 Å². The average Bonchev–Trinajstić information content (AvgIpc) is 2.68. The smallest absolute Gasteiger partial charge is 0.463 e. The van der Waals surface area contributed by atoms with Crippen LogP contribution >= 0.6 is 0 Å². The van der Waals surface area contributed by atoms with Crippen LogP contribution in [0, 0.1) is 0 Å². The minimum atomic E-state index is -1.10. The Kier molecular flexibility index (Phi) is 4.97. The molecule has 132 valence electrons. The minimum absolute atomic E-state index is 0.305. The lowest BCUT2D eigenvalue weighted by Gasteiger charge is -2.32. The number of hydrogen-bond donors (Lipinski definition) is 0. The molecule has 0 unspecified atom stereocenters. The molecule has 1 aliphatic rings. The zero-order chi connectivity index (χ0) is 18.2. The molecule has 0 saturated carbocycles. The molecule has 0 amide bonds. The Balaban J connectivity index is 2.08. The predicted molar refractivity (Wildman–Crippen MR) is 91.3 cm³/mol. The Labute approximate surface area is 144 Å². The minimum Gasteiger partial charge on any atom is -0.463 e. The molecule has 0 aliphatic carbocycles. The summed E-state index contributed by atoms with van der Waals surface area (Å²) >= 11 is 0. The highest BCUT2D eigenvalue weighted by atomic mass is 16.7. The second-order valence-electron chi connectivity index (χ2n) is 7.35. The summed E-state index contributed by atoms with van der Waals surface area (Å²) in [5.41, 5.74) is -1.11. The van der Waals surface area contributed by atoms with E-state index in [2.05, 4.69) is 4.98 Å². The van der Waals surface area contributed by atoms with Crippen LogP contribution in [0.4, 0.5) is 0 Å². The molecule has 2 rings (SSSR count). The van der Waals surface area contributed by atoms with Gasteiger partial charge in [0, 0.05) is 11.7 Å². The summed E-state index contributed by atoms with van der Waals surface area (Å²) in [6, 6.07) is 3.52. The first kappa shape index (κ1) is 18.7. The van der Waals surface area contributed by atoms with Crippen LogP contribution in [0.3, 0.4) is 0 Å². The van der Waals surface area contributed by atoms with Crippen LogP contribution in [0.2, 0.25) is 0 Å². The quantitative estimate of drug-likeness (QED) is 0.606. The maximum absolute atomic E-state index is 11.9. The fourth-order valence-electron chi connectivity index (χ4n) is 2.18. The normalized spacial score (nSPS) is 19.2. The standard InChI is InChI=1S/C17H26BNO5/c1-8-21-14(20)15(2,3)22-13-10-9-12(11-19-13)18-23-16(4,5)17(6,7)24-18/h9-11H,8H2,1-7H3. The largest absolute Gasteiger partial charge is 0.496 e. The summed E-state index contributed by atoms with van der Waals surface area (Å²) in [5.74, 6) is -0.0878. The predicted octanol–water partition coefficient (Wildman–Crippen LogP) is 2.10. The number of carbonyl (C=O) groups excluding carboxylic acids is 1. The molecular weight excluding hydrogens is 309 g/mol. The van der Waals surface area contributed by atoms with Crippen LogP contribution in [0.1, 0.15) is 48.5 Å². The molecule has 0 aromatic carbocycles. The lowest BCUT2D eigenvalue weighted by atomic mass is 9.80. The molecule has 1 fully saturated rings. The van der Waals surface area contributed by atoms with Gasteiger partial charge in [-0.2, -0.15) is 0 Å². The topological polar surface area (TPSA) is 66.9 Å². The Bertz CT molecular complexity index is 582. The van der Waals surface area contributed by atoms with E-state index in [0.717, 1.165) is 5.46 Å². The van der Waals surface area contributed by atoms with Gasteiger partial charge < -0.3 is 18.8 Å². The Morgan fingerprint density at radius 1 is 1.21 bits per heavy atom. The lowest BCUT2D eigenvalue weighted by molar-refractivity contribution is -0.158. The Hall–Kier alpha value is -1.60. The molecule has 24 heavy (non-hydrogen) atoms.